The van der Waals surface area contributed by atoms with Crippen LogP contribution in [0, 0.1) is 0 Å². The maximum absolute atomic E-state index is 12.4. The number of likely N-dealkylation sites (tertiary alicyclic amines) is 1. The van der Waals surface area contributed by atoms with Crippen molar-refractivity contribution in [3.05, 3.63) is 24.4 Å². The smallest absolute Gasteiger partial charge is 0.303 e. The van der Waals surface area contributed by atoms with Gasteiger partial charge in [-0.15, -0.1) is 0 Å². The van der Waals surface area contributed by atoms with Gasteiger partial charge in [0.15, 0.2) is 5.60 Å². The van der Waals surface area contributed by atoms with Crippen LogP contribution < -0.4 is 4.74 Å². The lowest BCUT2D eigenvalue weighted by atomic mass is 10.1. The minimum absolute atomic E-state index is 0.0861. The predicted molar refractivity (Wildman–Crippen MR) is 75.7 cm³/mol. The molecule has 1 aliphatic heterocycles. The van der Waals surface area contributed by atoms with Gasteiger partial charge in [-0.1, -0.05) is 6.07 Å². The molecule has 2 rings (SSSR count). The number of rotatable bonds is 4. The number of carbonyl (C=O) groups is 2. The number of nitrogens with zero attached hydrogens (tertiary/aromatic N) is 2. The first-order valence-corrected chi connectivity index (χ1v) is 6.95. The number of aromatic nitrogens is 1. The summed E-state index contributed by atoms with van der Waals surface area (Å²) in [4.78, 5) is 29.2. The van der Waals surface area contributed by atoms with Crippen LogP contribution in [-0.2, 0) is 14.3 Å². The third kappa shape index (κ3) is 3.93. The Morgan fingerprint density at radius 2 is 2.14 bits per heavy atom. The molecule has 0 spiro atoms. The first-order chi connectivity index (χ1) is 9.88. The largest absolute Gasteiger partial charge is 0.472 e. The van der Waals surface area contributed by atoms with Crippen molar-refractivity contribution in [2.75, 3.05) is 13.1 Å². The number of carbonyl (C=O) groups excluding carboxylic acids is 2. The number of ether oxygens (including phenoxy) is 2. The van der Waals surface area contributed by atoms with Gasteiger partial charge in [0.05, 0.1) is 6.54 Å². The maximum Gasteiger partial charge on any atom is 0.303 e. The van der Waals surface area contributed by atoms with E-state index in [9.17, 15) is 9.59 Å². The molecule has 6 nitrogen and oxygen atoms in total. The Labute approximate surface area is 124 Å². The van der Waals surface area contributed by atoms with Gasteiger partial charge in [-0.3, -0.25) is 9.59 Å². The van der Waals surface area contributed by atoms with Crippen molar-refractivity contribution in [3.8, 4) is 5.88 Å². The quantitative estimate of drug-likeness (QED) is 0.785. The van der Waals surface area contributed by atoms with Gasteiger partial charge >= 0.3 is 5.97 Å². The molecule has 0 bridgehead atoms. The molecular formula is C15H20N2O4. The number of esters is 1. The van der Waals surface area contributed by atoms with Gasteiger partial charge in [-0.05, 0) is 19.9 Å². The molecule has 0 aliphatic carbocycles. The van der Waals surface area contributed by atoms with E-state index in [1.54, 1.807) is 31.0 Å². The zero-order valence-corrected chi connectivity index (χ0v) is 12.5. The van der Waals surface area contributed by atoms with Crippen LogP contribution in [0.2, 0.25) is 0 Å². The molecule has 114 valence electrons. The molecular weight excluding hydrogens is 272 g/mol. The summed E-state index contributed by atoms with van der Waals surface area (Å²) in [5.41, 5.74) is -1.15. The number of pyridine rings is 1. The minimum atomic E-state index is -1.15. The molecule has 0 saturated carbocycles. The molecule has 1 fully saturated rings. The average Bonchev–Trinajstić information content (AvgIpc) is 2.86. The van der Waals surface area contributed by atoms with Crippen molar-refractivity contribution in [3.63, 3.8) is 0 Å². The topological polar surface area (TPSA) is 68.7 Å². The fourth-order valence-corrected chi connectivity index (χ4v) is 2.38. The minimum Gasteiger partial charge on any atom is -0.472 e. The van der Waals surface area contributed by atoms with E-state index in [0.717, 1.165) is 6.42 Å². The second kappa shape index (κ2) is 6.11. The van der Waals surface area contributed by atoms with E-state index < -0.39 is 11.6 Å². The highest BCUT2D eigenvalue weighted by atomic mass is 16.6. The molecule has 1 aromatic heterocycles. The van der Waals surface area contributed by atoms with E-state index in [0.29, 0.717) is 19.0 Å². The highest BCUT2D eigenvalue weighted by molar-refractivity contribution is 5.87. The van der Waals surface area contributed by atoms with E-state index in [2.05, 4.69) is 4.98 Å². The summed E-state index contributed by atoms with van der Waals surface area (Å²) in [7, 11) is 0. The second-order valence-electron chi connectivity index (χ2n) is 5.55. The molecule has 0 N–H and O–H groups in total. The summed E-state index contributed by atoms with van der Waals surface area (Å²) in [6, 6.07) is 5.45. The molecule has 1 amide bonds. The van der Waals surface area contributed by atoms with Crippen molar-refractivity contribution in [2.24, 2.45) is 0 Å². The van der Waals surface area contributed by atoms with E-state index in [1.807, 2.05) is 12.1 Å². The molecule has 1 saturated heterocycles. The highest BCUT2D eigenvalue weighted by Crippen LogP contribution is 2.21. The summed E-state index contributed by atoms with van der Waals surface area (Å²) in [6.07, 6.45) is 2.31. The Hall–Kier alpha value is -2.11. The fourth-order valence-electron chi connectivity index (χ4n) is 2.38. The van der Waals surface area contributed by atoms with Crippen molar-refractivity contribution >= 4 is 11.9 Å². The lowest BCUT2D eigenvalue weighted by molar-refractivity contribution is -0.168. The molecule has 21 heavy (non-hydrogen) atoms. The Morgan fingerprint density at radius 3 is 2.76 bits per heavy atom. The molecule has 1 aromatic rings. The number of amides is 1. The summed E-state index contributed by atoms with van der Waals surface area (Å²) in [5, 5.41) is 0. The van der Waals surface area contributed by atoms with Crippen molar-refractivity contribution in [2.45, 2.75) is 38.9 Å². The molecule has 0 radical (unpaired) electrons. The maximum atomic E-state index is 12.4. The molecule has 1 atom stereocenters. The van der Waals surface area contributed by atoms with Crippen LogP contribution in [0.1, 0.15) is 27.2 Å². The molecule has 2 heterocycles. The van der Waals surface area contributed by atoms with Gasteiger partial charge in [-0.25, -0.2) is 4.98 Å². The third-order valence-corrected chi connectivity index (χ3v) is 3.27. The summed E-state index contributed by atoms with van der Waals surface area (Å²) in [6.45, 7) is 5.56. The van der Waals surface area contributed by atoms with Crippen LogP contribution in [0.15, 0.2) is 24.4 Å². The van der Waals surface area contributed by atoms with E-state index in [1.165, 1.54) is 6.92 Å². The summed E-state index contributed by atoms with van der Waals surface area (Å²) >= 11 is 0. The van der Waals surface area contributed by atoms with Crippen molar-refractivity contribution < 1.29 is 19.1 Å². The second-order valence-corrected chi connectivity index (χ2v) is 5.55. The van der Waals surface area contributed by atoms with Crippen LogP contribution in [-0.4, -0.2) is 46.6 Å². The van der Waals surface area contributed by atoms with Crippen LogP contribution in [0.4, 0.5) is 0 Å². The van der Waals surface area contributed by atoms with Crippen LogP contribution in [0.5, 0.6) is 5.88 Å². The predicted octanol–water partition coefficient (Wildman–Crippen LogP) is 1.40. The Kier molecular flexibility index (Phi) is 4.45. The zero-order chi connectivity index (χ0) is 15.5. The third-order valence-electron chi connectivity index (χ3n) is 3.27. The van der Waals surface area contributed by atoms with Crippen molar-refractivity contribution in [1.29, 1.82) is 0 Å². The van der Waals surface area contributed by atoms with Crippen LogP contribution >= 0.6 is 0 Å². The SMILES string of the molecule is CC(=O)OC(C)(C)C(=O)N1CC[C@@H](Oc2ccccn2)C1. The Morgan fingerprint density at radius 1 is 1.38 bits per heavy atom. The van der Waals surface area contributed by atoms with Gasteiger partial charge in [-0.2, -0.15) is 0 Å². The van der Waals surface area contributed by atoms with Crippen molar-refractivity contribution in [1.82, 2.24) is 9.88 Å². The fraction of sp³-hybridized carbons (Fsp3) is 0.533. The first kappa shape index (κ1) is 15.3. The summed E-state index contributed by atoms with van der Waals surface area (Å²) in [5.74, 6) is -0.116. The van der Waals surface area contributed by atoms with Crippen LogP contribution in [0.3, 0.4) is 0 Å². The van der Waals surface area contributed by atoms with E-state index in [-0.39, 0.29) is 12.0 Å². The standard InChI is InChI=1S/C15H20N2O4/c1-11(18)21-15(2,3)14(19)17-9-7-12(10-17)20-13-6-4-5-8-16-13/h4-6,8,12H,7,9-10H2,1-3H3/t12-/m1/s1. The lowest BCUT2D eigenvalue weighted by Crippen LogP contribution is -2.47. The van der Waals surface area contributed by atoms with Gasteiger partial charge in [0, 0.05) is 32.2 Å². The highest BCUT2D eigenvalue weighted by Gasteiger charge is 2.38. The van der Waals surface area contributed by atoms with Gasteiger partial charge in [0.2, 0.25) is 5.88 Å². The van der Waals surface area contributed by atoms with E-state index >= 15 is 0 Å². The van der Waals surface area contributed by atoms with Gasteiger partial charge in [0.25, 0.3) is 5.91 Å². The summed E-state index contributed by atoms with van der Waals surface area (Å²) < 4.78 is 10.8. The average molecular weight is 292 g/mol. The number of hydrogen-bond acceptors (Lipinski definition) is 5. The van der Waals surface area contributed by atoms with Gasteiger partial charge in [0.1, 0.15) is 6.10 Å². The normalized spacial score (nSPS) is 18.4. The Bertz CT molecular complexity index is 516. The Balaban J connectivity index is 1.93. The molecule has 1 aliphatic rings. The zero-order valence-electron chi connectivity index (χ0n) is 12.5. The van der Waals surface area contributed by atoms with E-state index in [4.69, 9.17) is 9.47 Å². The first-order valence-electron chi connectivity index (χ1n) is 6.95. The van der Waals surface area contributed by atoms with Gasteiger partial charge < -0.3 is 14.4 Å². The monoisotopic (exact) mass is 292 g/mol. The lowest BCUT2D eigenvalue weighted by Gasteiger charge is -2.28. The molecule has 0 unspecified atom stereocenters. The molecule has 6 heteroatoms. The number of hydrogen-bond donors (Lipinski definition) is 0. The molecule has 0 aromatic carbocycles. The van der Waals surface area contributed by atoms with Crippen LogP contribution in [0.25, 0.3) is 0 Å².